The maximum atomic E-state index is 12.3. The number of anilines is 1. The van der Waals surface area contributed by atoms with E-state index in [2.05, 4.69) is 34.1 Å². The maximum absolute atomic E-state index is 12.3. The van der Waals surface area contributed by atoms with E-state index in [0.717, 1.165) is 16.3 Å². The van der Waals surface area contributed by atoms with E-state index in [1.54, 1.807) is 11.4 Å². The standard InChI is InChI=1S/C12H18N4O2S3/c1-8(2)4-11-14-15-12(20-11)16-21(17,18)10-5-9(6-13-3)19-7-10/h5,7-8,13H,4,6H2,1-3H3,(H,15,16). The van der Waals surface area contributed by atoms with Gasteiger partial charge in [0.15, 0.2) is 0 Å². The Morgan fingerprint density at radius 1 is 1.33 bits per heavy atom. The zero-order valence-corrected chi connectivity index (χ0v) is 14.5. The molecule has 2 aromatic rings. The van der Waals surface area contributed by atoms with Gasteiger partial charge in [0.05, 0.1) is 4.90 Å². The molecule has 0 saturated heterocycles. The second-order valence-corrected chi connectivity index (χ2v) is 8.72. The fraction of sp³-hybridized carbons (Fsp3) is 0.500. The Morgan fingerprint density at radius 3 is 2.76 bits per heavy atom. The van der Waals surface area contributed by atoms with Crippen molar-refractivity contribution in [3.8, 4) is 0 Å². The van der Waals surface area contributed by atoms with Crippen molar-refractivity contribution in [1.82, 2.24) is 15.5 Å². The fourth-order valence-electron chi connectivity index (χ4n) is 1.67. The van der Waals surface area contributed by atoms with Crippen LogP contribution in [-0.4, -0.2) is 25.7 Å². The Morgan fingerprint density at radius 2 is 2.10 bits per heavy atom. The molecule has 0 amide bonds. The van der Waals surface area contributed by atoms with Crippen LogP contribution in [0.4, 0.5) is 5.13 Å². The highest BCUT2D eigenvalue weighted by Crippen LogP contribution is 2.24. The van der Waals surface area contributed by atoms with E-state index in [1.165, 1.54) is 22.7 Å². The molecular formula is C12H18N4O2S3. The van der Waals surface area contributed by atoms with Crippen LogP contribution in [0.25, 0.3) is 0 Å². The summed E-state index contributed by atoms with van der Waals surface area (Å²) in [5, 5.41) is 13.7. The van der Waals surface area contributed by atoms with Gasteiger partial charge in [0.1, 0.15) is 5.01 Å². The molecule has 0 unspecified atom stereocenters. The van der Waals surface area contributed by atoms with Gasteiger partial charge in [-0.3, -0.25) is 4.72 Å². The molecule has 2 N–H and O–H groups in total. The van der Waals surface area contributed by atoms with Crippen LogP contribution in [0.15, 0.2) is 16.3 Å². The average Bonchev–Trinajstić information content (AvgIpc) is 2.98. The molecule has 0 aliphatic rings. The summed E-state index contributed by atoms with van der Waals surface area (Å²) in [6, 6.07) is 1.67. The molecule has 9 heteroatoms. The van der Waals surface area contributed by atoms with Gasteiger partial charge in [0, 0.05) is 23.2 Å². The lowest BCUT2D eigenvalue weighted by molar-refractivity contribution is 0.601. The summed E-state index contributed by atoms with van der Waals surface area (Å²) in [6.45, 7) is 4.82. The van der Waals surface area contributed by atoms with E-state index in [1.807, 2.05) is 7.05 Å². The molecule has 0 fully saturated rings. The molecular weight excluding hydrogens is 328 g/mol. The van der Waals surface area contributed by atoms with Gasteiger partial charge in [-0.05, 0) is 19.0 Å². The van der Waals surface area contributed by atoms with Crippen LogP contribution in [0.3, 0.4) is 0 Å². The smallest absolute Gasteiger partial charge is 0.264 e. The van der Waals surface area contributed by atoms with Crippen LogP contribution >= 0.6 is 22.7 Å². The molecule has 0 spiro atoms. The Hall–Kier alpha value is -1.03. The van der Waals surface area contributed by atoms with Crippen LogP contribution in [0.2, 0.25) is 0 Å². The zero-order valence-electron chi connectivity index (χ0n) is 12.1. The Labute approximate surface area is 132 Å². The largest absolute Gasteiger partial charge is 0.315 e. The predicted molar refractivity (Wildman–Crippen MR) is 86.3 cm³/mol. The van der Waals surface area contributed by atoms with Crippen LogP contribution in [0, 0.1) is 5.92 Å². The van der Waals surface area contributed by atoms with Gasteiger partial charge < -0.3 is 5.32 Å². The number of nitrogens with zero attached hydrogens (tertiary/aromatic N) is 2. The Balaban J connectivity index is 2.11. The van der Waals surface area contributed by atoms with E-state index >= 15 is 0 Å². The molecule has 0 saturated carbocycles. The number of hydrogen-bond acceptors (Lipinski definition) is 7. The summed E-state index contributed by atoms with van der Waals surface area (Å²) in [5.74, 6) is 0.461. The summed E-state index contributed by atoms with van der Waals surface area (Å²) in [7, 11) is -1.76. The monoisotopic (exact) mass is 346 g/mol. The highest BCUT2D eigenvalue weighted by molar-refractivity contribution is 7.93. The molecule has 2 aromatic heterocycles. The number of thiophene rings is 1. The topological polar surface area (TPSA) is 84.0 Å². The lowest BCUT2D eigenvalue weighted by atomic mass is 10.1. The second-order valence-electron chi connectivity index (χ2n) is 4.98. The number of nitrogens with one attached hydrogen (secondary N) is 2. The molecule has 0 atom stereocenters. The summed E-state index contributed by atoms with van der Waals surface area (Å²) in [5.41, 5.74) is 0. The molecule has 0 aliphatic carbocycles. The molecule has 0 bridgehead atoms. The molecule has 0 aromatic carbocycles. The maximum Gasteiger partial charge on any atom is 0.264 e. The SMILES string of the molecule is CNCc1cc(S(=O)(=O)Nc2nnc(CC(C)C)s2)cs1. The van der Waals surface area contributed by atoms with Gasteiger partial charge in [-0.25, -0.2) is 8.42 Å². The van der Waals surface area contributed by atoms with E-state index in [9.17, 15) is 8.42 Å². The average molecular weight is 347 g/mol. The molecule has 0 aliphatic heterocycles. The number of aromatic nitrogens is 2. The third kappa shape index (κ3) is 4.47. The van der Waals surface area contributed by atoms with Crippen molar-refractivity contribution < 1.29 is 8.42 Å². The minimum atomic E-state index is -3.59. The van der Waals surface area contributed by atoms with E-state index in [0.29, 0.717) is 17.6 Å². The molecule has 2 rings (SSSR count). The normalized spacial score (nSPS) is 12.0. The van der Waals surface area contributed by atoms with Gasteiger partial charge in [-0.15, -0.1) is 21.5 Å². The van der Waals surface area contributed by atoms with Crippen molar-refractivity contribution in [2.45, 2.75) is 31.7 Å². The first-order valence-corrected chi connectivity index (χ1v) is 9.66. The predicted octanol–water partition coefficient (Wildman–Crippen LogP) is 2.32. The summed E-state index contributed by atoms with van der Waals surface area (Å²) in [6.07, 6.45) is 0.796. The minimum Gasteiger partial charge on any atom is -0.315 e. The molecule has 21 heavy (non-hydrogen) atoms. The Bertz CT molecular complexity index is 691. The lowest BCUT2D eigenvalue weighted by Gasteiger charge is -2.01. The van der Waals surface area contributed by atoms with Gasteiger partial charge in [0.25, 0.3) is 10.0 Å². The van der Waals surface area contributed by atoms with Crippen molar-refractivity contribution in [1.29, 1.82) is 0 Å². The summed E-state index contributed by atoms with van der Waals surface area (Å²) in [4.78, 5) is 1.23. The molecule has 2 heterocycles. The van der Waals surface area contributed by atoms with Crippen molar-refractivity contribution >= 4 is 37.8 Å². The quantitative estimate of drug-likeness (QED) is 0.804. The van der Waals surface area contributed by atoms with Crippen molar-refractivity contribution in [2.75, 3.05) is 11.8 Å². The van der Waals surface area contributed by atoms with Crippen molar-refractivity contribution in [3.63, 3.8) is 0 Å². The van der Waals surface area contributed by atoms with Crippen LogP contribution in [0.5, 0.6) is 0 Å². The zero-order chi connectivity index (χ0) is 15.5. The number of hydrogen-bond donors (Lipinski definition) is 2. The highest BCUT2D eigenvalue weighted by Gasteiger charge is 2.18. The minimum absolute atomic E-state index is 0.262. The summed E-state index contributed by atoms with van der Waals surface area (Å²) >= 11 is 2.69. The van der Waals surface area contributed by atoms with E-state index in [-0.39, 0.29) is 4.90 Å². The first-order valence-electron chi connectivity index (χ1n) is 6.48. The van der Waals surface area contributed by atoms with Crippen molar-refractivity contribution in [2.24, 2.45) is 5.92 Å². The number of rotatable bonds is 7. The third-order valence-corrected chi connectivity index (χ3v) is 5.96. The van der Waals surface area contributed by atoms with Crippen molar-refractivity contribution in [3.05, 3.63) is 21.3 Å². The van der Waals surface area contributed by atoms with Gasteiger partial charge >= 0.3 is 0 Å². The summed E-state index contributed by atoms with van der Waals surface area (Å²) < 4.78 is 27.0. The second kappa shape index (κ2) is 6.82. The lowest BCUT2D eigenvalue weighted by Crippen LogP contribution is -2.12. The first-order chi connectivity index (χ1) is 9.90. The third-order valence-electron chi connectivity index (χ3n) is 2.56. The van der Waals surface area contributed by atoms with E-state index in [4.69, 9.17) is 0 Å². The molecule has 0 radical (unpaired) electrons. The number of sulfonamides is 1. The van der Waals surface area contributed by atoms with Gasteiger partial charge in [0.2, 0.25) is 5.13 Å². The van der Waals surface area contributed by atoms with Gasteiger partial charge in [-0.1, -0.05) is 25.2 Å². The molecule has 116 valence electrons. The fourth-order valence-corrected chi connectivity index (χ4v) is 5.14. The van der Waals surface area contributed by atoms with Crippen LogP contribution in [0.1, 0.15) is 23.7 Å². The first kappa shape index (κ1) is 16.3. The van der Waals surface area contributed by atoms with Gasteiger partial charge in [-0.2, -0.15) is 0 Å². The van der Waals surface area contributed by atoms with Crippen LogP contribution < -0.4 is 10.0 Å². The molecule has 6 nitrogen and oxygen atoms in total. The Kier molecular flexibility index (Phi) is 5.31. The van der Waals surface area contributed by atoms with Crippen LogP contribution in [-0.2, 0) is 23.0 Å². The highest BCUT2D eigenvalue weighted by atomic mass is 32.2. The van der Waals surface area contributed by atoms with E-state index < -0.39 is 10.0 Å².